The van der Waals surface area contributed by atoms with Crippen LogP contribution in [0.1, 0.15) is 34.7 Å². The molecule has 7 nitrogen and oxygen atoms in total. The highest BCUT2D eigenvalue weighted by atomic mass is 35.5. The maximum absolute atomic E-state index is 13.2. The normalized spacial score (nSPS) is 17.1. The number of para-hydroxylation sites is 1. The van der Waals surface area contributed by atoms with Gasteiger partial charge in [-0.05, 0) is 68.7 Å². The number of fused-ring (bicyclic) bond motifs is 1. The third-order valence-corrected chi connectivity index (χ3v) is 7.13. The molecule has 2 aromatic carbocycles. The molecule has 3 heterocycles. The van der Waals surface area contributed by atoms with Crippen LogP contribution >= 0.6 is 23.2 Å². The molecule has 1 fully saturated rings. The van der Waals surface area contributed by atoms with Gasteiger partial charge < -0.3 is 15.1 Å². The van der Waals surface area contributed by atoms with Crippen molar-refractivity contribution in [2.75, 3.05) is 49.0 Å². The van der Waals surface area contributed by atoms with E-state index in [9.17, 15) is 4.79 Å². The molecule has 0 radical (unpaired) electrons. The highest BCUT2D eigenvalue weighted by molar-refractivity contribution is 6.40. The Labute approximate surface area is 209 Å². The number of nitrogens with zero attached hydrogens (tertiary/aromatic N) is 5. The molecule has 3 aromatic rings. The van der Waals surface area contributed by atoms with Crippen molar-refractivity contribution >= 4 is 52.3 Å². The second-order valence-corrected chi connectivity index (χ2v) is 9.71. The van der Waals surface area contributed by atoms with Crippen molar-refractivity contribution in [1.29, 1.82) is 0 Å². The van der Waals surface area contributed by atoms with Crippen LogP contribution in [0.15, 0.2) is 48.7 Å². The molecule has 2 aliphatic rings. The number of hydrogen-bond acceptors (Lipinski definition) is 6. The largest absolute Gasteiger partial charge is 0.341 e. The van der Waals surface area contributed by atoms with Gasteiger partial charge in [-0.2, -0.15) is 4.98 Å². The first kappa shape index (κ1) is 22.9. The first-order chi connectivity index (χ1) is 16.4. The Balaban J connectivity index is 1.34. The molecule has 1 aromatic heterocycles. The summed E-state index contributed by atoms with van der Waals surface area (Å²) in [7, 11) is 4.05. The van der Waals surface area contributed by atoms with Crippen LogP contribution in [-0.2, 0) is 0 Å². The molecule has 1 N–H and O–H groups in total. The van der Waals surface area contributed by atoms with E-state index in [-0.39, 0.29) is 12.6 Å². The van der Waals surface area contributed by atoms with E-state index in [0.717, 1.165) is 18.8 Å². The van der Waals surface area contributed by atoms with Crippen molar-refractivity contribution in [3.63, 3.8) is 0 Å². The van der Waals surface area contributed by atoms with Gasteiger partial charge in [-0.1, -0.05) is 41.4 Å². The van der Waals surface area contributed by atoms with Crippen molar-refractivity contribution in [3.8, 4) is 0 Å². The average Bonchev–Trinajstić information content (AvgIpc) is 2.83. The van der Waals surface area contributed by atoms with Crippen LogP contribution in [0.5, 0.6) is 0 Å². The first-order valence-electron chi connectivity index (χ1n) is 11.3. The summed E-state index contributed by atoms with van der Waals surface area (Å²) in [5.41, 5.74) is 3.16. The molecular formula is C25H26Cl2N6O. The summed E-state index contributed by atoms with van der Waals surface area (Å²) in [6.07, 6.45) is 3.93. The summed E-state index contributed by atoms with van der Waals surface area (Å²) in [5, 5.41) is 4.10. The lowest BCUT2D eigenvalue weighted by Crippen LogP contribution is -2.46. The predicted molar refractivity (Wildman–Crippen MR) is 138 cm³/mol. The number of piperidine rings is 1. The SMILES string of the molecule is CN1CCC(c2ccc(Nc3ncc4c(n3)N(C)CN(c3c(Cl)cccc3Cl)C4=O)cc2)CC1. The van der Waals surface area contributed by atoms with Gasteiger partial charge in [0.2, 0.25) is 5.95 Å². The number of rotatable bonds is 4. The van der Waals surface area contributed by atoms with E-state index in [1.54, 1.807) is 29.3 Å². The Bertz CT molecular complexity index is 1190. The van der Waals surface area contributed by atoms with E-state index >= 15 is 0 Å². The van der Waals surface area contributed by atoms with Gasteiger partial charge in [-0.15, -0.1) is 0 Å². The number of halogens is 2. The van der Waals surface area contributed by atoms with Crippen molar-refractivity contribution < 1.29 is 4.79 Å². The van der Waals surface area contributed by atoms with Crippen molar-refractivity contribution in [2.45, 2.75) is 18.8 Å². The summed E-state index contributed by atoms with van der Waals surface area (Å²) in [4.78, 5) is 28.0. The Morgan fingerprint density at radius 3 is 2.35 bits per heavy atom. The minimum absolute atomic E-state index is 0.239. The third kappa shape index (κ3) is 4.43. The molecule has 0 unspecified atom stereocenters. The maximum atomic E-state index is 13.2. The molecular weight excluding hydrogens is 471 g/mol. The van der Waals surface area contributed by atoms with Crippen LogP contribution in [0.3, 0.4) is 0 Å². The summed E-state index contributed by atoms with van der Waals surface area (Å²) in [6, 6.07) is 13.7. The van der Waals surface area contributed by atoms with Crippen LogP contribution < -0.4 is 15.1 Å². The lowest BCUT2D eigenvalue weighted by Gasteiger charge is -2.35. The minimum Gasteiger partial charge on any atom is -0.341 e. The summed E-state index contributed by atoms with van der Waals surface area (Å²) < 4.78 is 0. The smallest absolute Gasteiger partial charge is 0.265 e. The highest BCUT2D eigenvalue weighted by Gasteiger charge is 2.32. The van der Waals surface area contributed by atoms with E-state index in [2.05, 4.69) is 51.5 Å². The van der Waals surface area contributed by atoms with Crippen LogP contribution in [0.2, 0.25) is 10.0 Å². The number of aromatic nitrogens is 2. The molecule has 0 spiro atoms. The Morgan fingerprint density at radius 2 is 1.68 bits per heavy atom. The predicted octanol–water partition coefficient (Wildman–Crippen LogP) is 5.39. The molecule has 34 heavy (non-hydrogen) atoms. The third-order valence-electron chi connectivity index (χ3n) is 6.52. The second-order valence-electron chi connectivity index (χ2n) is 8.90. The number of anilines is 4. The van der Waals surface area contributed by atoms with Gasteiger partial charge in [0.25, 0.3) is 5.91 Å². The number of amides is 1. The number of carbonyl (C=O) groups excluding carboxylic acids is 1. The number of likely N-dealkylation sites (tertiary alicyclic amines) is 1. The fourth-order valence-electron chi connectivity index (χ4n) is 4.59. The van der Waals surface area contributed by atoms with Gasteiger partial charge in [0.1, 0.15) is 11.4 Å². The van der Waals surface area contributed by atoms with E-state index < -0.39 is 0 Å². The molecule has 1 amide bonds. The van der Waals surface area contributed by atoms with Crippen LogP contribution in [-0.4, -0.2) is 54.6 Å². The Hall–Kier alpha value is -2.87. The molecule has 1 saturated heterocycles. The van der Waals surface area contributed by atoms with Gasteiger partial charge in [-0.3, -0.25) is 9.69 Å². The highest BCUT2D eigenvalue weighted by Crippen LogP contribution is 2.37. The fourth-order valence-corrected chi connectivity index (χ4v) is 5.19. The average molecular weight is 497 g/mol. The fraction of sp³-hybridized carbons (Fsp3) is 0.320. The van der Waals surface area contributed by atoms with Crippen LogP contribution in [0.4, 0.5) is 23.1 Å². The molecule has 0 bridgehead atoms. The first-order valence-corrected chi connectivity index (χ1v) is 12.1. The van der Waals surface area contributed by atoms with Crippen molar-refractivity contribution in [1.82, 2.24) is 14.9 Å². The zero-order valence-corrected chi connectivity index (χ0v) is 20.6. The van der Waals surface area contributed by atoms with Crippen LogP contribution in [0.25, 0.3) is 0 Å². The van der Waals surface area contributed by atoms with E-state index in [4.69, 9.17) is 23.2 Å². The number of hydrogen-bond donors (Lipinski definition) is 1. The van der Waals surface area contributed by atoms with E-state index in [1.165, 1.54) is 18.4 Å². The number of benzene rings is 2. The topological polar surface area (TPSA) is 64.6 Å². The monoisotopic (exact) mass is 496 g/mol. The number of nitrogens with one attached hydrogen (secondary N) is 1. The summed E-state index contributed by atoms with van der Waals surface area (Å²) in [5.74, 6) is 1.37. The van der Waals surface area contributed by atoms with Crippen molar-refractivity contribution in [2.24, 2.45) is 0 Å². The zero-order valence-electron chi connectivity index (χ0n) is 19.1. The van der Waals surface area contributed by atoms with E-state index in [1.807, 2.05) is 11.9 Å². The quantitative estimate of drug-likeness (QED) is 0.522. The lowest BCUT2D eigenvalue weighted by molar-refractivity contribution is 0.0982. The number of carbonyl (C=O) groups is 1. The lowest BCUT2D eigenvalue weighted by atomic mass is 9.89. The van der Waals surface area contributed by atoms with Gasteiger partial charge in [-0.25, -0.2) is 4.98 Å². The maximum Gasteiger partial charge on any atom is 0.265 e. The van der Waals surface area contributed by atoms with Gasteiger partial charge in [0.05, 0.1) is 22.4 Å². The molecule has 176 valence electrons. The molecule has 2 aliphatic heterocycles. The molecule has 9 heteroatoms. The van der Waals surface area contributed by atoms with Crippen molar-refractivity contribution in [3.05, 3.63) is 69.8 Å². The standard InChI is InChI=1S/C25H26Cl2N6O/c1-31-12-10-17(11-13-31)16-6-8-18(9-7-16)29-25-28-14-19-23(30-25)32(2)15-33(24(19)34)22-20(26)4-3-5-21(22)27/h3-9,14,17H,10-13,15H2,1-2H3,(H,28,29,30). The van der Waals surface area contributed by atoms with Gasteiger partial charge in [0.15, 0.2) is 0 Å². The second kappa shape index (κ2) is 9.41. The Morgan fingerprint density at radius 1 is 1.00 bits per heavy atom. The van der Waals surface area contributed by atoms with E-state index in [0.29, 0.717) is 39.0 Å². The molecule has 0 atom stereocenters. The minimum atomic E-state index is -0.239. The summed E-state index contributed by atoms with van der Waals surface area (Å²) >= 11 is 12.7. The molecule has 0 saturated carbocycles. The Kier molecular flexibility index (Phi) is 6.34. The van der Waals surface area contributed by atoms with Gasteiger partial charge in [0, 0.05) is 18.9 Å². The molecule has 5 rings (SSSR count). The molecule has 0 aliphatic carbocycles. The van der Waals surface area contributed by atoms with Gasteiger partial charge >= 0.3 is 0 Å². The summed E-state index contributed by atoms with van der Waals surface area (Å²) in [6.45, 7) is 2.55. The zero-order chi connectivity index (χ0) is 23.8. The van der Waals surface area contributed by atoms with Crippen LogP contribution in [0, 0.1) is 0 Å².